The minimum atomic E-state index is 0.136. The number of carbonyl (C=O) groups is 1. The summed E-state index contributed by atoms with van der Waals surface area (Å²) >= 11 is 1.66. The molecule has 2 aromatic rings. The van der Waals surface area contributed by atoms with Crippen LogP contribution in [0.15, 0.2) is 47.2 Å². The van der Waals surface area contributed by atoms with Crippen LogP contribution in [0.25, 0.3) is 0 Å². The Hall–Kier alpha value is -1.61. The number of carbonyl (C=O) groups excluding carboxylic acids is 1. The third-order valence-corrected chi connectivity index (χ3v) is 3.51. The molecule has 3 heteroatoms. The number of hydrogen-bond acceptors (Lipinski definition) is 2. The molecule has 0 saturated carbocycles. The van der Waals surface area contributed by atoms with Gasteiger partial charge < -0.3 is 5.32 Å². The fraction of sp³-hybridized carbons (Fsp3) is 0.267. The van der Waals surface area contributed by atoms with Crippen LogP contribution in [0, 0.1) is 0 Å². The summed E-state index contributed by atoms with van der Waals surface area (Å²) in [4.78, 5) is 11.6. The lowest BCUT2D eigenvalue weighted by molar-refractivity contribution is -0.121. The molecule has 0 aliphatic rings. The highest BCUT2D eigenvalue weighted by Gasteiger charge is 2.01. The number of aryl methyl sites for hydroxylation is 1. The number of rotatable bonds is 6. The van der Waals surface area contributed by atoms with Crippen LogP contribution in [-0.4, -0.2) is 5.91 Å². The largest absolute Gasteiger partial charge is 0.352 e. The van der Waals surface area contributed by atoms with E-state index >= 15 is 0 Å². The van der Waals surface area contributed by atoms with Gasteiger partial charge in [0.2, 0.25) is 5.91 Å². The monoisotopic (exact) mass is 259 g/mol. The zero-order chi connectivity index (χ0) is 12.6. The van der Waals surface area contributed by atoms with Gasteiger partial charge in [0.15, 0.2) is 0 Å². The highest BCUT2D eigenvalue weighted by atomic mass is 32.1. The molecule has 0 aliphatic carbocycles. The van der Waals surface area contributed by atoms with Crippen molar-refractivity contribution >= 4 is 17.2 Å². The van der Waals surface area contributed by atoms with Crippen LogP contribution in [0.4, 0.5) is 0 Å². The molecule has 0 saturated heterocycles. The molecular weight excluding hydrogens is 242 g/mol. The van der Waals surface area contributed by atoms with Crippen LogP contribution < -0.4 is 5.32 Å². The third kappa shape index (κ3) is 4.34. The van der Waals surface area contributed by atoms with Crippen LogP contribution in [0.3, 0.4) is 0 Å². The van der Waals surface area contributed by atoms with Gasteiger partial charge in [0.25, 0.3) is 0 Å². The molecule has 1 amide bonds. The lowest BCUT2D eigenvalue weighted by Gasteiger charge is -2.04. The van der Waals surface area contributed by atoms with Gasteiger partial charge in [0.1, 0.15) is 0 Å². The van der Waals surface area contributed by atoms with E-state index in [2.05, 4.69) is 22.8 Å². The maximum Gasteiger partial charge on any atom is 0.220 e. The van der Waals surface area contributed by atoms with Gasteiger partial charge in [-0.05, 0) is 40.8 Å². The van der Waals surface area contributed by atoms with Crippen LogP contribution in [0.5, 0.6) is 0 Å². The molecule has 1 aromatic carbocycles. The van der Waals surface area contributed by atoms with E-state index in [0.717, 1.165) is 12.8 Å². The van der Waals surface area contributed by atoms with Crippen LogP contribution in [0.2, 0.25) is 0 Å². The number of thiophene rings is 1. The molecule has 0 aliphatic heterocycles. The molecule has 18 heavy (non-hydrogen) atoms. The van der Waals surface area contributed by atoms with E-state index < -0.39 is 0 Å². The highest BCUT2D eigenvalue weighted by molar-refractivity contribution is 7.07. The Morgan fingerprint density at radius 2 is 1.94 bits per heavy atom. The van der Waals surface area contributed by atoms with Gasteiger partial charge in [-0.2, -0.15) is 11.3 Å². The van der Waals surface area contributed by atoms with E-state index in [1.807, 2.05) is 29.6 Å². The van der Waals surface area contributed by atoms with Crippen molar-refractivity contribution < 1.29 is 4.79 Å². The van der Waals surface area contributed by atoms with Gasteiger partial charge in [-0.3, -0.25) is 4.79 Å². The van der Waals surface area contributed by atoms with E-state index in [1.165, 1.54) is 11.1 Å². The minimum absolute atomic E-state index is 0.136. The van der Waals surface area contributed by atoms with Crippen molar-refractivity contribution in [3.05, 3.63) is 58.3 Å². The lowest BCUT2D eigenvalue weighted by Crippen LogP contribution is -2.22. The summed E-state index contributed by atoms with van der Waals surface area (Å²) in [5.41, 5.74) is 2.47. The SMILES string of the molecule is O=C(CCCc1ccccc1)NCc1ccsc1. The standard InChI is InChI=1S/C15H17NOS/c17-15(16-11-14-9-10-18-12-14)8-4-7-13-5-2-1-3-6-13/h1-3,5-6,9-10,12H,4,7-8,11H2,(H,16,17). The van der Waals surface area contributed by atoms with Crippen molar-refractivity contribution in [3.63, 3.8) is 0 Å². The summed E-state index contributed by atoms with van der Waals surface area (Å²) in [7, 11) is 0. The normalized spacial score (nSPS) is 10.2. The Labute approximate surface area is 112 Å². The van der Waals surface area contributed by atoms with Gasteiger partial charge in [0.05, 0.1) is 0 Å². The van der Waals surface area contributed by atoms with E-state index in [1.54, 1.807) is 11.3 Å². The fourth-order valence-electron chi connectivity index (χ4n) is 1.78. The van der Waals surface area contributed by atoms with Crippen molar-refractivity contribution in [1.29, 1.82) is 0 Å². The quantitative estimate of drug-likeness (QED) is 0.846. The molecule has 0 atom stereocenters. The first kappa shape index (κ1) is 12.8. The van der Waals surface area contributed by atoms with Crippen molar-refractivity contribution in [2.75, 3.05) is 0 Å². The van der Waals surface area contributed by atoms with Gasteiger partial charge in [-0.25, -0.2) is 0 Å². The molecule has 1 aromatic heterocycles. The first-order valence-electron chi connectivity index (χ1n) is 6.16. The molecule has 0 spiro atoms. The van der Waals surface area contributed by atoms with Crippen molar-refractivity contribution in [2.45, 2.75) is 25.8 Å². The lowest BCUT2D eigenvalue weighted by atomic mass is 10.1. The van der Waals surface area contributed by atoms with Gasteiger partial charge in [0, 0.05) is 13.0 Å². The molecule has 0 unspecified atom stereocenters. The molecule has 1 N–H and O–H groups in total. The van der Waals surface area contributed by atoms with E-state index in [9.17, 15) is 4.79 Å². The molecule has 94 valence electrons. The Kier molecular flexibility index (Phi) is 4.97. The highest BCUT2D eigenvalue weighted by Crippen LogP contribution is 2.06. The van der Waals surface area contributed by atoms with Gasteiger partial charge >= 0.3 is 0 Å². The molecule has 0 radical (unpaired) electrons. The predicted octanol–water partition coefficient (Wildman–Crippen LogP) is 3.39. The average Bonchev–Trinajstić information content (AvgIpc) is 2.91. The van der Waals surface area contributed by atoms with Gasteiger partial charge in [-0.1, -0.05) is 30.3 Å². The average molecular weight is 259 g/mol. The maximum absolute atomic E-state index is 11.6. The van der Waals surface area contributed by atoms with Crippen LogP contribution in [0.1, 0.15) is 24.0 Å². The number of hydrogen-bond donors (Lipinski definition) is 1. The second-order valence-corrected chi connectivity index (χ2v) is 5.03. The summed E-state index contributed by atoms with van der Waals surface area (Å²) < 4.78 is 0. The summed E-state index contributed by atoms with van der Waals surface area (Å²) in [5, 5.41) is 7.02. The number of benzene rings is 1. The smallest absolute Gasteiger partial charge is 0.220 e. The Morgan fingerprint density at radius 3 is 2.67 bits per heavy atom. The van der Waals surface area contributed by atoms with E-state index in [4.69, 9.17) is 0 Å². The Bertz CT molecular complexity index is 465. The second kappa shape index (κ2) is 6.97. The topological polar surface area (TPSA) is 29.1 Å². The molecule has 2 nitrogen and oxygen atoms in total. The first-order valence-corrected chi connectivity index (χ1v) is 7.10. The minimum Gasteiger partial charge on any atom is -0.352 e. The molecule has 1 heterocycles. The zero-order valence-corrected chi connectivity index (χ0v) is 11.1. The molecule has 0 fully saturated rings. The predicted molar refractivity (Wildman–Crippen MR) is 75.5 cm³/mol. The van der Waals surface area contributed by atoms with Gasteiger partial charge in [-0.15, -0.1) is 0 Å². The summed E-state index contributed by atoms with van der Waals surface area (Å²) in [6.07, 6.45) is 2.46. The van der Waals surface area contributed by atoms with Crippen molar-refractivity contribution in [3.8, 4) is 0 Å². The summed E-state index contributed by atoms with van der Waals surface area (Å²) in [6.45, 7) is 0.646. The van der Waals surface area contributed by atoms with E-state index in [-0.39, 0.29) is 5.91 Å². The second-order valence-electron chi connectivity index (χ2n) is 4.25. The number of nitrogens with one attached hydrogen (secondary N) is 1. The van der Waals surface area contributed by atoms with Crippen molar-refractivity contribution in [1.82, 2.24) is 5.32 Å². The molecule has 2 rings (SSSR count). The Morgan fingerprint density at radius 1 is 1.11 bits per heavy atom. The fourth-order valence-corrected chi connectivity index (χ4v) is 2.45. The summed E-state index contributed by atoms with van der Waals surface area (Å²) in [6, 6.07) is 12.3. The van der Waals surface area contributed by atoms with E-state index in [0.29, 0.717) is 13.0 Å². The molecule has 0 bridgehead atoms. The Balaban J connectivity index is 1.63. The van der Waals surface area contributed by atoms with Crippen molar-refractivity contribution in [2.24, 2.45) is 0 Å². The third-order valence-electron chi connectivity index (χ3n) is 2.78. The maximum atomic E-state index is 11.6. The zero-order valence-electron chi connectivity index (χ0n) is 10.3. The first-order chi connectivity index (χ1) is 8.84. The summed E-state index contributed by atoms with van der Waals surface area (Å²) in [5.74, 6) is 0.136. The molecular formula is C15H17NOS. The number of amides is 1. The van der Waals surface area contributed by atoms with Crippen LogP contribution >= 0.6 is 11.3 Å². The van der Waals surface area contributed by atoms with Crippen LogP contribution in [-0.2, 0) is 17.8 Å².